The molecular weight excluding hydrogens is 225 g/mol. The molecule has 0 heterocycles. The molecule has 0 radical (unpaired) electrons. The van der Waals surface area contributed by atoms with Crippen molar-refractivity contribution in [3.63, 3.8) is 0 Å². The summed E-state index contributed by atoms with van der Waals surface area (Å²) in [5.74, 6) is -1.25. The molecule has 0 aliphatic rings. The van der Waals surface area contributed by atoms with Crippen LogP contribution in [0.2, 0.25) is 0 Å². The third-order valence-electron chi connectivity index (χ3n) is 2.20. The molecule has 17 heavy (non-hydrogen) atoms. The maximum atomic E-state index is 13.3. The molecule has 0 aliphatic carbocycles. The highest BCUT2D eigenvalue weighted by atomic mass is 19.1. The van der Waals surface area contributed by atoms with Crippen LogP contribution >= 0.6 is 0 Å². The molecule has 0 fully saturated rings. The van der Waals surface area contributed by atoms with E-state index >= 15 is 0 Å². The molecule has 1 aromatic carbocycles. The number of carboxylic acid groups (broad SMARTS) is 1. The highest BCUT2D eigenvalue weighted by molar-refractivity contribution is 5.85. The lowest BCUT2D eigenvalue weighted by Crippen LogP contribution is -2.03. The van der Waals surface area contributed by atoms with Gasteiger partial charge in [0.15, 0.2) is 11.6 Å². The molecule has 0 aromatic heterocycles. The van der Waals surface area contributed by atoms with Gasteiger partial charge in [0.1, 0.15) is 0 Å². The van der Waals surface area contributed by atoms with E-state index in [0.29, 0.717) is 12.2 Å². The Kier molecular flexibility index (Phi) is 4.51. The van der Waals surface area contributed by atoms with Crippen LogP contribution in [0, 0.1) is 5.82 Å². The lowest BCUT2D eigenvalue weighted by Gasteiger charge is -2.06. The fourth-order valence-corrected chi connectivity index (χ4v) is 1.19. The van der Waals surface area contributed by atoms with Crippen molar-refractivity contribution in [2.75, 3.05) is 19.0 Å². The SMILES string of the molecule is COc1ccc(NC/C=C(/C)C(=O)O)cc1F. The molecule has 0 saturated carbocycles. The number of aliphatic carboxylic acids is 1. The second kappa shape index (κ2) is 5.89. The zero-order valence-corrected chi connectivity index (χ0v) is 9.66. The first-order valence-corrected chi connectivity index (χ1v) is 5.02. The average Bonchev–Trinajstić information content (AvgIpc) is 2.29. The Morgan fingerprint density at radius 1 is 1.59 bits per heavy atom. The van der Waals surface area contributed by atoms with Gasteiger partial charge < -0.3 is 15.2 Å². The summed E-state index contributed by atoms with van der Waals surface area (Å²) >= 11 is 0. The zero-order valence-electron chi connectivity index (χ0n) is 9.66. The molecule has 0 saturated heterocycles. The van der Waals surface area contributed by atoms with Gasteiger partial charge in [0.2, 0.25) is 0 Å². The van der Waals surface area contributed by atoms with Crippen molar-refractivity contribution < 1.29 is 19.0 Å². The summed E-state index contributed by atoms with van der Waals surface area (Å²) in [7, 11) is 1.39. The van der Waals surface area contributed by atoms with Crippen LogP contribution in [0.15, 0.2) is 29.8 Å². The Bertz CT molecular complexity index is 443. The summed E-state index contributed by atoms with van der Waals surface area (Å²) in [6.45, 7) is 1.82. The van der Waals surface area contributed by atoms with E-state index in [0.717, 1.165) is 0 Å². The Hall–Kier alpha value is -2.04. The third-order valence-corrected chi connectivity index (χ3v) is 2.20. The number of anilines is 1. The number of hydrogen-bond donors (Lipinski definition) is 2. The van der Waals surface area contributed by atoms with Crippen LogP contribution in [0.25, 0.3) is 0 Å². The fourth-order valence-electron chi connectivity index (χ4n) is 1.19. The van der Waals surface area contributed by atoms with Gasteiger partial charge in [0.05, 0.1) is 7.11 Å². The predicted octanol–water partition coefficient (Wildman–Crippen LogP) is 2.28. The fraction of sp³-hybridized carbons (Fsp3) is 0.250. The summed E-state index contributed by atoms with van der Waals surface area (Å²) in [6, 6.07) is 4.46. The third kappa shape index (κ3) is 3.79. The Morgan fingerprint density at radius 2 is 2.29 bits per heavy atom. The Morgan fingerprint density at radius 3 is 2.82 bits per heavy atom. The molecule has 0 unspecified atom stereocenters. The van der Waals surface area contributed by atoms with E-state index < -0.39 is 11.8 Å². The van der Waals surface area contributed by atoms with Gasteiger partial charge in [-0.3, -0.25) is 0 Å². The van der Waals surface area contributed by atoms with E-state index in [4.69, 9.17) is 9.84 Å². The number of methoxy groups -OCH3 is 1. The zero-order chi connectivity index (χ0) is 12.8. The van der Waals surface area contributed by atoms with E-state index in [2.05, 4.69) is 5.32 Å². The van der Waals surface area contributed by atoms with Crippen LogP contribution in [-0.2, 0) is 4.79 Å². The van der Waals surface area contributed by atoms with Gasteiger partial charge in [-0.05, 0) is 19.1 Å². The van der Waals surface area contributed by atoms with Crippen LogP contribution in [-0.4, -0.2) is 24.7 Å². The van der Waals surface area contributed by atoms with Crippen molar-refractivity contribution in [1.82, 2.24) is 0 Å². The number of hydrogen-bond acceptors (Lipinski definition) is 3. The van der Waals surface area contributed by atoms with E-state index in [1.54, 1.807) is 6.07 Å². The summed E-state index contributed by atoms with van der Waals surface area (Å²) in [5.41, 5.74) is 0.809. The molecule has 0 amide bonds. The van der Waals surface area contributed by atoms with Gasteiger partial charge in [-0.1, -0.05) is 6.08 Å². The molecule has 5 heteroatoms. The second-order valence-electron chi connectivity index (χ2n) is 3.42. The first kappa shape index (κ1) is 13.0. The molecule has 2 N–H and O–H groups in total. The quantitative estimate of drug-likeness (QED) is 0.774. The number of benzene rings is 1. The van der Waals surface area contributed by atoms with Gasteiger partial charge in [0.25, 0.3) is 0 Å². The van der Waals surface area contributed by atoms with Crippen LogP contribution < -0.4 is 10.1 Å². The highest BCUT2D eigenvalue weighted by Crippen LogP contribution is 2.20. The smallest absolute Gasteiger partial charge is 0.331 e. The molecule has 0 bridgehead atoms. The van der Waals surface area contributed by atoms with Crippen LogP contribution in [0.3, 0.4) is 0 Å². The Labute approximate surface area is 98.7 Å². The van der Waals surface area contributed by atoms with E-state index in [1.165, 1.54) is 32.2 Å². The van der Waals surface area contributed by atoms with Gasteiger partial charge >= 0.3 is 5.97 Å². The number of carboxylic acids is 1. The lowest BCUT2D eigenvalue weighted by atomic mass is 10.2. The molecule has 0 aliphatic heterocycles. The summed E-state index contributed by atoms with van der Waals surface area (Å²) in [6.07, 6.45) is 1.52. The first-order chi connectivity index (χ1) is 8.04. The first-order valence-electron chi connectivity index (χ1n) is 5.02. The summed E-state index contributed by atoms with van der Waals surface area (Å²) < 4.78 is 18.1. The highest BCUT2D eigenvalue weighted by Gasteiger charge is 2.03. The molecule has 92 valence electrons. The topological polar surface area (TPSA) is 58.6 Å². The van der Waals surface area contributed by atoms with E-state index in [9.17, 15) is 9.18 Å². The molecule has 4 nitrogen and oxygen atoms in total. The van der Waals surface area contributed by atoms with Crippen molar-refractivity contribution in [1.29, 1.82) is 0 Å². The number of nitrogens with one attached hydrogen (secondary N) is 1. The monoisotopic (exact) mass is 239 g/mol. The van der Waals surface area contributed by atoms with Crippen molar-refractivity contribution in [3.05, 3.63) is 35.7 Å². The Balaban J connectivity index is 2.62. The standard InChI is InChI=1S/C12H14FNO3/c1-8(12(15)16)5-6-14-9-3-4-11(17-2)10(13)7-9/h3-5,7,14H,6H2,1-2H3,(H,15,16)/b8-5-. The summed E-state index contributed by atoms with van der Waals surface area (Å²) in [5, 5.41) is 11.5. The van der Waals surface area contributed by atoms with Crippen LogP contribution in [0.1, 0.15) is 6.92 Å². The van der Waals surface area contributed by atoms with Crippen molar-refractivity contribution in [2.24, 2.45) is 0 Å². The van der Waals surface area contributed by atoms with Gasteiger partial charge in [-0.15, -0.1) is 0 Å². The van der Waals surface area contributed by atoms with E-state index in [-0.39, 0.29) is 11.3 Å². The van der Waals surface area contributed by atoms with Crippen molar-refractivity contribution in [3.8, 4) is 5.75 Å². The predicted molar refractivity (Wildman–Crippen MR) is 62.8 cm³/mol. The van der Waals surface area contributed by atoms with Crippen molar-refractivity contribution >= 4 is 11.7 Å². The normalized spacial score (nSPS) is 11.1. The lowest BCUT2D eigenvalue weighted by molar-refractivity contribution is -0.132. The minimum absolute atomic E-state index is 0.174. The molecule has 0 spiro atoms. The minimum atomic E-state index is -0.965. The van der Waals surface area contributed by atoms with Gasteiger partial charge in [-0.25, -0.2) is 9.18 Å². The maximum absolute atomic E-state index is 13.3. The summed E-state index contributed by atoms with van der Waals surface area (Å²) in [4.78, 5) is 10.5. The van der Waals surface area contributed by atoms with Gasteiger partial charge in [0, 0.05) is 23.9 Å². The van der Waals surface area contributed by atoms with Gasteiger partial charge in [-0.2, -0.15) is 0 Å². The number of carbonyl (C=O) groups is 1. The average molecular weight is 239 g/mol. The minimum Gasteiger partial charge on any atom is -0.494 e. The van der Waals surface area contributed by atoms with E-state index in [1.807, 2.05) is 0 Å². The largest absolute Gasteiger partial charge is 0.494 e. The molecule has 1 aromatic rings. The number of halogens is 1. The second-order valence-corrected chi connectivity index (χ2v) is 3.42. The van der Waals surface area contributed by atoms with Crippen LogP contribution in [0.5, 0.6) is 5.75 Å². The van der Waals surface area contributed by atoms with Crippen molar-refractivity contribution in [2.45, 2.75) is 6.92 Å². The molecule has 0 atom stereocenters. The number of rotatable bonds is 5. The number of ether oxygens (including phenoxy) is 1. The molecule has 1 rings (SSSR count). The maximum Gasteiger partial charge on any atom is 0.331 e. The van der Waals surface area contributed by atoms with Crippen LogP contribution in [0.4, 0.5) is 10.1 Å². The molecular formula is C12H14FNO3.